The predicted molar refractivity (Wildman–Crippen MR) is 77.1 cm³/mol. The Hall–Kier alpha value is -1.87. The maximum Gasteiger partial charge on any atom is 0.196 e. The van der Waals surface area contributed by atoms with E-state index in [0.29, 0.717) is 23.5 Å². The molecule has 0 aliphatic heterocycles. The van der Waals surface area contributed by atoms with Crippen molar-refractivity contribution in [1.29, 1.82) is 0 Å². The van der Waals surface area contributed by atoms with Crippen molar-refractivity contribution in [3.63, 3.8) is 0 Å². The van der Waals surface area contributed by atoms with E-state index < -0.39 is 5.82 Å². The molecular weight excluding hydrogens is 279 g/mol. The number of ketones is 1. The largest absolute Gasteiger partial charge is 0.493 e. The summed E-state index contributed by atoms with van der Waals surface area (Å²) in [6.45, 7) is 2.53. The van der Waals surface area contributed by atoms with E-state index in [4.69, 9.17) is 16.3 Å². The number of carbonyl (C=O) groups is 1. The third kappa shape index (κ3) is 3.17. The van der Waals surface area contributed by atoms with E-state index in [-0.39, 0.29) is 10.8 Å². The highest BCUT2D eigenvalue weighted by Crippen LogP contribution is 2.24. The molecule has 0 spiro atoms. The van der Waals surface area contributed by atoms with Crippen LogP contribution in [0.25, 0.3) is 0 Å². The normalized spacial score (nSPS) is 10.3. The molecule has 2 aromatic carbocycles. The molecule has 0 atom stereocenters. The van der Waals surface area contributed by atoms with E-state index in [1.165, 1.54) is 18.2 Å². The molecule has 0 aromatic heterocycles. The quantitative estimate of drug-likeness (QED) is 0.759. The molecule has 0 aliphatic rings. The highest BCUT2D eigenvalue weighted by Gasteiger charge is 2.15. The SMILES string of the molecule is CCCOc1ccccc1C(=O)c1ccc(F)c(Cl)c1. The lowest BCUT2D eigenvalue weighted by Gasteiger charge is -2.10. The number of hydrogen-bond donors (Lipinski definition) is 0. The third-order valence-electron chi connectivity index (χ3n) is 2.78. The van der Waals surface area contributed by atoms with E-state index in [9.17, 15) is 9.18 Å². The van der Waals surface area contributed by atoms with Gasteiger partial charge in [0.1, 0.15) is 11.6 Å². The average molecular weight is 293 g/mol. The summed E-state index contributed by atoms with van der Waals surface area (Å²) in [5.41, 5.74) is 0.785. The summed E-state index contributed by atoms with van der Waals surface area (Å²) in [4.78, 5) is 12.4. The molecule has 2 aromatic rings. The molecule has 0 aliphatic carbocycles. The molecule has 0 bridgehead atoms. The number of benzene rings is 2. The number of halogens is 2. The first kappa shape index (κ1) is 14.5. The first-order chi connectivity index (χ1) is 9.63. The van der Waals surface area contributed by atoms with Gasteiger partial charge in [0, 0.05) is 5.56 Å². The van der Waals surface area contributed by atoms with E-state index in [1.54, 1.807) is 24.3 Å². The first-order valence-electron chi connectivity index (χ1n) is 6.35. The minimum Gasteiger partial charge on any atom is -0.493 e. The van der Waals surface area contributed by atoms with Gasteiger partial charge in [0.15, 0.2) is 5.78 Å². The molecule has 4 heteroatoms. The summed E-state index contributed by atoms with van der Waals surface area (Å²) >= 11 is 5.71. The Labute approximate surface area is 122 Å². The van der Waals surface area contributed by atoms with Crippen LogP contribution in [-0.2, 0) is 0 Å². The molecule has 2 rings (SSSR count). The third-order valence-corrected chi connectivity index (χ3v) is 3.06. The van der Waals surface area contributed by atoms with E-state index in [2.05, 4.69) is 0 Å². The summed E-state index contributed by atoms with van der Waals surface area (Å²) in [5, 5.41) is -0.0668. The fourth-order valence-electron chi connectivity index (χ4n) is 1.78. The van der Waals surface area contributed by atoms with E-state index in [0.717, 1.165) is 6.42 Å². The Kier molecular flexibility index (Phi) is 4.74. The smallest absolute Gasteiger partial charge is 0.196 e. The standard InChI is InChI=1S/C16H14ClFO2/c1-2-9-20-15-6-4-3-5-12(15)16(19)11-7-8-14(18)13(17)10-11/h3-8,10H,2,9H2,1H3. The predicted octanol–water partition coefficient (Wildman–Crippen LogP) is 4.50. The summed E-state index contributed by atoms with van der Waals surface area (Å²) in [6, 6.07) is 10.9. The molecule has 0 amide bonds. The van der Waals surface area contributed by atoms with E-state index in [1.807, 2.05) is 6.92 Å². The van der Waals surface area contributed by atoms with Crippen LogP contribution in [0.3, 0.4) is 0 Å². The maximum absolute atomic E-state index is 13.1. The highest BCUT2D eigenvalue weighted by molar-refractivity contribution is 6.31. The van der Waals surface area contributed by atoms with Crippen molar-refractivity contribution < 1.29 is 13.9 Å². The number of carbonyl (C=O) groups excluding carboxylic acids is 1. The molecule has 0 radical (unpaired) electrons. The molecule has 104 valence electrons. The Morgan fingerprint density at radius 1 is 1.25 bits per heavy atom. The topological polar surface area (TPSA) is 26.3 Å². The molecule has 0 saturated heterocycles. The van der Waals surface area contributed by atoms with Crippen LogP contribution in [-0.4, -0.2) is 12.4 Å². The summed E-state index contributed by atoms with van der Waals surface area (Å²) in [7, 11) is 0. The van der Waals surface area contributed by atoms with E-state index >= 15 is 0 Å². The number of ether oxygens (including phenoxy) is 1. The minimum absolute atomic E-state index is 0.0668. The monoisotopic (exact) mass is 292 g/mol. The lowest BCUT2D eigenvalue weighted by atomic mass is 10.0. The molecule has 0 N–H and O–H groups in total. The zero-order chi connectivity index (χ0) is 14.5. The second-order valence-corrected chi connectivity index (χ2v) is 4.71. The first-order valence-corrected chi connectivity index (χ1v) is 6.73. The molecule has 0 saturated carbocycles. The number of para-hydroxylation sites is 1. The van der Waals surface area contributed by atoms with Crippen LogP contribution in [0.1, 0.15) is 29.3 Å². The number of hydrogen-bond acceptors (Lipinski definition) is 2. The lowest BCUT2D eigenvalue weighted by Crippen LogP contribution is -2.06. The van der Waals surface area contributed by atoms with Crippen molar-refractivity contribution in [2.45, 2.75) is 13.3 Å². The minimum atomic E-state index is -0.543. The van der Waals surface area contributed by atoms with Gasteiger partial charge in [-0.05, 0) is 36.8 Å². The van der Waals surface area contributed by atoms with Gasteiger partial charge in [-0.2, -0.15) is 0 Å². The zero-order valence-electron chi connectivity index (χ0n) is 11.0. The van der Waals surface area contributed by atoms with Crippen LogP contribution >= 0.6 is 11.6 Å². The zero-order valence-corrected chi connectivity index (χ0v) is 11.8. The molecule has 20 heavy (non-hydrogen) atoms. The summed E-state index contributed by atoms with van der Waals surface area (Å²) < 4.78 is 18.7. The molecular formula is C16H14ClFO2. The van der Waals surface area contributed by atoms with Crippen molar-refractivity contribution in [3.05, 3.63) is 64.4 Å². The van der Waals surface area contributed by atoms with Gasteiger partial charge in [-0.3, -0.25) is 4.79 Å². The summed E-state index contributed by atoms with van der Waals surface area (Å²) in [5.74, 6) is -0.253. The fourth-order valence-corrected chi connectivity index (χ4v) is 1.97. The Morgan fingerprint density at radius 2 is 2.00 bits per heavy atom. The fraction of sp³-hybridized carbons (Fsp3) is 0.188. The molecule has 0 heterocycles. The van der Waals surface area contributed by atoms with Crippen LogP contribution in [0.4, 0.5) is 4.39 Å². The highest BCUT2D eigenvalue weighted by atomic mass is 35.5. The second-order valence-electron chi connectivity index (χ2n) is 4.30. The Morgan fingerprint density at radius 3 is 2.70 bits per heavy atom. The summed E-state index contributed by atoms with van der Waals surface area (Å²) in [6.07, 6.45) is 0.852. The Balaban J connectivity index is 2.35. The van der Waals surface area contributed by atoms with Crippen molar-refractivity contribution in [2.75, 3.05) is 6.61 Å². The van der Waals surface area contributed by atoms with Gasteiger partial charge >= 0.3 is 0 Å². The van der Waals surface area contributed by atoms with Crippen LogP contribution in [0.5, 0.6) is 5.75 Å². The van der Waals surface area contributed by atoms with Gasteiger partial charge in [0.05, 0.1) is 17.2 Å². The van der Waals surface area contributed by atoms with Crippen LogP contribution in [0.15, 0.2) is 42.5 Å². The van der Waals surface area contributed by atoms with Gasteiger partial charge in [0.25, 0.3) is 0 Å². The van der Waals surface area contributed by atoms with Crippen LogP contribution in [0.2, 0.25) is 5.02 Å². The van der Waals surface area contributed by atoms with Crippen LogP contribution < -0.4 is 4.74 Å². The van der Waals surface area contributed by atoms with Gasteiger partial charge < -0.3 is 4.74 Å². The van der Waals surface area contributed by atoms with Gasteiger partial charge in [-0.15, -0.1) is 0 Å². The van der Waals surface area contributed by atoms with Gasteiger partial charge in [-0.1, -0.05) is 30.7 Å². The van der Waals surface area contributed by atoms with Gasteiger partial charge in [0.2, 0.25) is 0 Å². The molecule has 0 unspecified atom stereocenters. The van der Waals surface area contributed by atoms with Gasteiger partial charge in [-0.25, -0.2) is 4.39 Å². The van der Waals surface area contributed by atoms with Crippen molar-refractivity contribution in [2.24, 2.45) is 0 Å². The lowest BCUT2D eigenvalue weighted by molar-refractivity contribution is 0.103. The molecule has 0 fully saturated rings. The average Bonchev–Trinajstić information content (AvgIpc) is 2.47. The van der Waals surface area contributed by atoms with Crippen LogP contribution in [0, 0.1) is 5.82 Å². The van der Waals surface area contributed by atoms with Crippen molar-refractivity contribution in [1.82, 2.24) is 0 Å². The second kappa shape index (κ2) is 6.53. The molecule has 2 nitrogen and oxygen atoms in total. The number of rotatable bonds is 5. The maximum atomic E-state index is 13.1. The Bertz CT molecular complexity index is 626. The van der Waals surface area contributed by atoms with Crippen molar-refractivity contribution in [3.8, 4) is 5.75 Å². The van der Waals surface area contributed by atoms with Crippen molar-refractivity contribution >= 4 is 17.4 Å².